The summed E-state index contributed by atoms with van der Waals surface area (Å²) in [5.41, 5.74) is 13.2. The van der Waals surface area contributed by atoms with Gasteiger partial charge in [-0.2, -0.15) is 0 Å². The van der Waals surface area contributed by atoms with Crippen LogP contribution in [0, 0.1) is 0 Å². The van der Waals surface area contributed by atoms with Crippen LogP contribution in [0.25, 0.3) is 60.2 Å². The Morgan fingerprint density at radius 1 is 0.612 bits per heavy atom. The summed E-state index contributed by atoms with van der Waals surface area (Å²) in [5, 5.41) is 7.38. The molecule has 10 rings (SSSR count). The summed E-state index contributed by atoms with van der Waals surface area (Å²) in [4.78, 5) is 2.45. The average Bonchev–Trinajstić information content (AvgIpc) is 3.65. The Kier molecular flexibility index (Phi) is 6.08. The Morgan fingerprint density at radius 2 is 1.35 bits per heavy atom. The lowest BCUT2D eigenvalue weighted by Crippen LogP contribution is -2.18. The van der Waals surface area contributed by atoms with E-state index >= 15 is 0 Å². The van der Waals surface area contributed by atoms with Crippen molar-refractivity contribution in [3.8, 4) is 11.1 Å². The van der Waals surface area contributed by atoms with Crippen molar-refractivity contribution >= 4 is 60.4 Å². The zero-order valence-electron chi connectivity index (χ0n) is 27.7. The topological polar surface area (TPSA) is 16.4 Å². The van der Waals surface area contributed by atoms with Crippen molar-refractivity contribution in [1.29, 1.82) is 0 Å². The molecule has 0 spiro atoms. The van der Waals surface area contributed by atoms with Gasteiger partial charge in [0.2, 0.25) is 0 Å². The van der Waals surface area contributed by atoms with Gasteiger partial charge in [-0.15, -0.1) is 0 Å². The molecule has 7 aromatic carbocycles. The number of nitrogens with zero attached hydrogens (tertiary/aromatic N) is 1. The maximum Gasteiger partial charge on any atom is 0.144 e. The van der Waals surface area contributed by atoms with Crippen molar-refractivity contribution in [2.75, 3.05) is 4.90 Å². The van der Waals surface area contributed by atoms with Gasteiger partial charge in [-0.3, -0.25) is 0 Å². The third-order valence-electron chi connectivity index (χ3n) is 10.9. The highest BCUT2D eigenvalue weighted by atomic mass is 16.3. The largest absolute Gasteiger partial charge is 0.455 e. The van der Waals surface area contributed by atoms with Crippen LogP contribution in [0.1, 0.15) is 43.4 Å². The predicted octanol–water partition coefficient (Wildman–Crippen LogP) is 13.1. The molecule has 0 N–H and O–H groups in total. The molecule has 2 heteroatoms. The summed E-state index contributed by atoms with van der Waals surface area (Å²) >= 11 is 0. The number of furan rings is 1. The SMILES string of the molecule is CC1(C)c2ccccc2-c2c1c1ccccc1c1c2oc2cc(N(C3=CC=C(c4ccccc4)CC3)c3cccc4ccccc34)ccc21. The number of allylic oxidation sites excluding steroid dienone is 4. The Morgan fingerprint density at radius 3 is 2.18 bits per heavy atom. The minimum Gasteiger partial charge on any atom is -0.455 e. The number of rotatable bonds is 4. The maximum atomic E-state index is 7.07. The van der Waals surface area contributed by atoms with Gasteiger partial charge in [0.05, 0.1) is 5.69 Å². The maximum absolute atomic E-state index is 7.07. The van der Waals surface area contributed by atoms with Crippen LogP contribution in [0.15, 0.2) is 162 Å². The molecule has 1 heterocycles. The molecule has 2 aliphatic rings. The second-order valence-corrected chi connectivity index (χ2v) is 14.0. The van der Waals surface area contributed by atoms with E-state index in [1.54, 1.807) is 0 Å². The molecule has 2 nitrogen and oxygen atoms in total. The second-order valence-electron chi connectivity index (χ2n) is 14.0. The highest BCUT2D eigenvalue weighted by Crippen LogP contribution is 2.56. The Labute approximate surface area is 286 Å². The van der Waals surface area contributed by atoms with Crippen molar-refractivity contribution in [3.63, 3.8) is 0 Å². The van der Waals surface area contributed by atoms with Crippen molar-refractivity contribution in [1.82, 2.24) is 0 Å². The lowest BCUT2D eigenvalue weighted by Gasteiger charge is -2.31. The number of anilines is 2. The summed E-state index contributed by atoms with van der Waals surface area (Å²) in [5.74, 6) is 0. The summed E-state index contributed by atoms with van der Waals surface area (Å²) < 4.78 is 7.07. The summed E-state index contributed by atoms with van der Waals surface area (Å²) in [6, 6.07) is 50.7. The van der Waals surface area contributed by atoms with Gasteiger partial charge >= 0.3 is 0 Å². The Bertz CT molecular complexity index is 2680. The van der Waals surface area contributed by atoms with Crippen LogP contribution in [-0.2, 0) is 5.41 Å². The summed E-state index contributed by atoms with van der Waals surface area (Å²) in [7, 11) is 0. The average molecular weight is 630 g/mol. The number of fused-ring (bicyclic) bond motifs is 11. The van der Waals surface area contributed by atoms with Crippen molar-refractivity contribution in [3.05, 3.63) is 174 Å². The molecule has 0 saturated heterocycles. The first kappa shape index (κ1) is 28.2. The molecule has 0 amide bonds. The summed E-state index contributed by atoms with van der Waals surface area (Å²) in [6.07, 6.45) is 6.54. The van der Waals surface area contributed by atoms with E-state index in [0.717, 1.165) is 35.1 Å². The molecular weight excluding hydrogens is 595 g/mol. The van der Waals surface area contributed by atoms with Crippen LogP contribution >= 0.6 is 0 Å². The molecular formula is C47H35NO. The van der Waals surface area contributed by atoms with Gasteiger partial charge in [0, 0.05) is 44.6 Å². The van der Waals surface area contributed by atoms with Gasteiger partial charge < -0.3 is 9.32 Å². The minimum atomic E-state index is -0.130. The van der Waals surface area contributed by atoms with E-state index in [9.17, 15) is 0 Å². The zero-order chi connectivity index (χ0) is 32.7. The molecule has 234 valence electrons. The molecule has 0 unspecified atom stereocenters. The lowest BCUT2D eigenvalue weighted by molar-refractivity contribution is 0.657. The van der Waals surface area contributed by atoms with Gasteiger partial charge in [0.15, 0.2) is 0 Å². The first-order chi connectivity index (χ1) is 24.1. The fourth-order valence-corrected chi connectivity index (χ4v) is 8.69. The van der Waals surface area contributed by atoms with Crippen LogP contribution in [0.5, 0.6) is 0 Å². The van der Waals surface area contributed by atoms with Crippen molar-refractivity contribution < 1.29 is 4.42 Å². The molecule has 49 heavy (non-hydrogen) atoms. The Hall–Kier alpha value is -5.86. The zero-order valence-corrected chi connectivity index (χ0v) is 27.7. The van der Waals surface area contributed by atoms with Gasteiger partial charge in [0.25, 0.3) is 0 Å². The fraction of sp³-hybridized carbons (Fsp3) is 0.106. The van der Waals surface area contributed by atoms with E-state index in [4.69, 9.17) is 4.42 Å². The van der Waals surface area contributed by atoms with Crippen molar-refractivity contribution in [2.24, 2.45) is 0 Å². The quantitative estimate of drug-likeness (QED) is 0.193. The molecule has 0 fully saturated rings. The first-order valence-electron chi connectivity index (χ1n) is 17.3. The van der Waals surface area contributed by atoms with E-state index in [2.05, 4.69) is 170 Å². The summed E-state index contributed by atoms with van der Waals surface area (Å²) in [6.45, 7) is 4.71. The molecule has 0 aliphatic heterocycles. The van der Waals surface area contributed by atoms with Gasteiger partial charge in [-0.05, 0) is 81.1 Å². The highest BCUT2D eigenvalue weighted by Gasteiger charge is 2.39. The minimum absolute atomic E-state index is 0.130. The predicted molar refractivity (Wildman–Crippen MR) is 207 cm³/mol. The molecule has 0 saturated carbocycles. The molecule has 8 aromatic rings. The molecule has 0 radical (unpaired) electrons. The Balaban J connectivity index is 1.22. The highest BCUT2D eigenvalue weighted by molar-refractivity contribution is 6.25. The molecule has 1 aromatic heterocycles. The van der Waals surface area contributed by atoms with Gasteiger partial charge in [-0.1, -0.05) is 135 Å². The third-order valence-corrected chi connectivity index (χ3v) is 10.9. The monoisotopic (exact) mass is 629 g/mol. The first-order valence-corrected chi connectivity index (χ1v) is 17.3. The standard InChI is InChI=1S/C47H35NO/c1-47(2)40-21-11-10-20-38(40)44-45(47)37-19-9-8-18-36(37)43-39-28-27-34(29-42(39)49-46(43)44)48(41-22-12-16-32-15-6-7-17-35(32)41)33-25-23-31(24-26-33)30-13-4-3-5-14-30/h3-23,25,27-29H,24,26H2,1-2H3. The fourth-order valence-electron chi connectivity index (χ4n) is 8.69. The normalized spacial score (nSPS) is 15.0. The van der Waals surface area contributed by atoms with E-state index in [-0.39, 0.29) is 5.41 Å². The van der Waals surface area contributed by atoms with E-state index in [0.29, 0.717) is 0 Å². The number of hydrogen-bond donors (Lipinski definition) is 0. The van der Waals surface area contributed by atoms with Crippen LogP contribution < -0.4 is 4.90 Å². The van der Waals surface area contributed by atoms with Crippen molar-refractivity contribution in [2.45, 2.75) is 32.1 Å². The van der Waals surface area contributed by atoms with E-state index in [1.807, 2.05) is 0 Å². The van der Waals surface area contributed by atoms with Crippen LogP contribution in [0.2, 0.25) is 0 Å². The van der Waals surface area contributed by atoms with Gasteiger partial charge in [-0.25, -0.2) is 0 Å². The number of hydrogen-bond acceptors (Lipinski definition) is 2. The molecule has 0 atom stereocenters. The van der Waals surface area contributed by atoms with Crippen LogP contribution in [0.3, 0.4) is 0 Å². The molecule has 2 aliphatic carbocycles. The molecule has 0 bridgehead atoms. The van der Waals surface area contributed by atoms with Crippen LogP contribution in [-0.4, -0.2) is 0 Å². The van der Waals surface area contributed by atoms with Gasteiger partial charge in [0.1, 0.15) is 11.2 Å². The lowest BCUT2D eigenvalue weighted by atomic mass is 9.79. The van der Waals surface area contributed by atoms with E-state index in [1.165, 1.54) is 71.7 Å². The van der Waals surface area contributed by atoms with E-state index < -0.39 is 0 Å². The third kappa shape index (κ3) is 4.14. The smallest absolute Gasteiger partial charge is 0.144 e. The second kappa shape index (κ2) is 10.6. The number of benzene rings is 7. The van der Waals surface area contributed by atoms with Crippen LogP contribution in [0.4, 0.5) is 11.4 Å².